The van der Waals surface area contributed by atoms with Crippen LogP contribution in [-0.2, 0) is 0 Å². The second-order valence-corrected chi connectivity index (χ2v) is 5.73. The zero-order chi connectivity index (χ0) is 7.84. The van der Waals surface area contributed by atoms with Crippen LogP contribution < -0.4 is 0 Å². The van der Waals surface area contributed by atoms with Crippen molar-refractivity contribution in [3.8, 4) is 0 Å². The van der Waals surface area contributed by atoms with Crippen LogP contribution in [0, 0.1) is 23.7 Å². The molecule has 0 aliphatic heterocycles. The minimum Gasteiger partial charge on any atom is -0.0861 e. The van der Waals surface area contributed by atoms with Crippen LogP contribution in [-0.4, -0.2) is 8.86 Å². The van der Waals surface area contributed by atoms with E-state index in [0.29, 0.717) is 0 Å². The van der Waals surface area contributed by atoms with E-state index >= 15 is 0 Å². The van der Waals surface area contributed by atoms with Crippen molar-refractivity contribution in [2.24, 2.45) is 23.7 Å². The van der Waals surface area contributed by atoms with E-state index in [-0.39, 0.29) is 0 Å². The van der Waals surface area contributed by atoms with Crippen LogP contribution in [0.25, 0.3) is 0 Å². The first-order valence-corrected chi connectivity index (χ1v) is 7.54. The van der Waals surface area contributed by atoms with E-state index in [1.807, 2.05) is 0 Å². The van der Waals surface area contributed by atoms with Gasteiger partial charge in [0.1, 0.15) is 0 Å². The van der Waals surface area contributed by atoms with E-state index in [9.17, 15) is 0 Å². The fourth-order valence-electron chi connectivity index (χ4n) is 3.01. The molecule has 64 valence electrons. The van der Waals surface area contributed by atoms with E-state index in [0.717, 1.165) is 23.7 Å². The summed E-state index contributed by atoms with van der Waals surface area (Å²) in [6.07, 6.45) is 4.66. The summed E-state index contributed by atoms with van der Waals surface area (Å²) in [7, 11) is 0. The first kappa shape index (κ1) is 9.03. The summed E-state index contributed by atoms with van der Waals surface area (Å²) in [6, 6.07) is 0. The Morgan fingerprint density at radius 2 is 1.36 bits per heavy atom. The maximum absolute atomic E-state index is 2.58. The number of hydrogen-bond acceptors (Lipinski definition) is 0. The summed E-state index contributed by atoms with van der Waals surface area (Å²) in [4.78, 5) is 0. The van der Waals surface area contributed by atoms with Crippen molar-refractivity contribution in [1.29, 1.82) is 0 Å². The van der Waals surface area contributed by atoms with Crippen molar-refractivity contribution >= 4 is 45.2 Å². The van der Waals surface area contributed by atoms with Gasteiger partial charge in [-0.15, -0.1) is 0 Å². The smallest absolute Gasteiger partial charge is 0.00293 e. The third-order valence-electron chi connectivity index (χ3n) is 3.63. The Morgan fingerprint density at radius 3 is 1.73 bits per heavy atom. The van der Waals surface area contributed by atoms with Gasteiger partial charge in [-0.05, 0) is 42.9 Å². The minimum absolute atomic E-state index is 1.09. The molecule has 0 radical (unpaired) electrons. The summed E-state index contributed by atoms with van der Waals surface area (Å²) in [5.41, 5.74) is 0. The van der Waals surface area contributed by atoms with Gasteiger partial charge in [0.05, 0.1) is 0 Å². The van der Waals surface area contributed by atoms with Crippen molar-refractivity contribution in [1.82, 2.24) is 0 Å². The standard InChI is InChI=1S/C9H14I2/c10-4-8-6-1-2-7(3-6)9(8)5-11/h6-9H,1-5H2/t6-,7+,8+,9-. The molecule has 4 atom stereocenters. The predicted molar refractivity (Wildman–Crippen MR) is 65.6 cm³/mol. The summed E-state index contributed by atoms with van der Waals surface area (Å²) in [5, 5.41) is 0. The molecule has 0 heterocycles. The molecule has 0 aromatic carbocycles. The van der Waals surface area contributed by atoms with Gasteiger partial charge in [0.2, 0.25) is 0 Å². The van der Waals surface area contributed by atoms with Gasteiger partial charge in [0.15, 0.2) is 0 Å². The van der Waals surface area contributed by atoms with Gasteiger partial charge in [0, 0.05) is 8.86 Å². The first-order valence-electron chi connectivity index (χ1n) is 4.48. The van der Waals surface area contributed by atoms with Crippen molar-refractivity contribution in [2.75, 3.05) is 8.86 Å². The zero-order valence-corrected chi connectivity index (χ0v) is 10.9. The highest BCUT2D eigenvalue weighted by Gasteiger charge is 2.45. The summed E-state index contributed by atoms with van der Waals surface area (Å²) < 4.78 is 2.82. The van der Waals surface area contributed by atoms with E-state index in [1.54, 1.807) is 19.3 Å². The van der Waals surface area contributed by atoms with Crippen LogP contribution >= 0.6 is 45.2 Å². The molecule has 0 aromatic heterocycles. The minimum atomic E-state index is 1.09. The Morgan fingerprint density at radius 1 is 0.909 bits per heavy atom. The molecular weight excluding hydrogens is 362 g/mol. The molecule has 2 fully saturated rings. The molecule has 2 aliphatic carbocycles. The summed E-state index contributed by atoms with van der Waals surface area (Å²) in [5.74, 6) is 4.42. The number of halogens is 2. The maximum atomic E-state index is 2.58. The highest BCUT2D eigenvalue weighted by molar-refractivity contribution is 14.1. The van der Waals surface area contributed by atoms with Crippen molar-refractivity contribution in [3.63, 3.8) is 0 Å². The lowest BCUT2D eigenvalue weighted by Crippen LogP contribution is -2.24. The number of alkyl halides is 2. The maximum Gasteiger partial charge on any atom is 0.00293 e. The summed E-state index contributed by atoms with van der Waals surface area (Å²) >= 11 is 5.17. The third kappa shape index (κ3) is 1.46. The number of rotatable bonds is 2. The second-order valence-electron chi connectivity index (χ2n) is 3.97. The summed E-state index contributed by atoms with van der Waals surface area (Å²) in [6.45, 7) is 0. The van der Waals surface area contributed by atoms with Gasteiger partial charge in [-0.1, -0.05) is 45.2 Å². The average Bonchev–Trinajstić information content (AvgIpc) is 2.60. The number of hydrogen-bond donors (Lipinski definition) is 0. The Labute approximate surface area is 96.2 Å². The van der Waals surface area contributed by atoms with Gasteiger partial charge < -0.3 is 0 Å². The van der Waals surface area contributed by atoms with Gasteiger partial charge in [-0.2, -0.15) is 0 Å². The Hall–Kier alpha value is 1.46. The molecule has 2 rings (SSSR count). The topological polar surface area (TPSA) is 0 Å². The third-order valence-corrected chi connectivity index (χ3v) is 5.67. The van der Waals surface area contributed by atoms with Crippen molar-refractivity contribution in [3.05, 3.63) is 0 Å². The lowest BCUT2D eigenvalue weighted by Gasteiger charge is -2.28. The SMILES string of the molecule is IC[C@@H]1[C@H]2CC[C@H](C2)[C@@H]1CI. The van der Waals surface area contributed by atoms with Crippen molar-refractivity contribution in [2.45, 2.75) is 19.3 Å². The van der Waals surface area contributed by atoms with Crippen LogP contribution in [0.5, 0.6) is 0 Å². The van der Waals surface area contributed by atoms with E-state index in [1.165, 1.54) is 8.86 Å². The Bertz CT molecular complexity index is 130. The molecule has 0 spiro atoms. The zero-order valence-electron chi connectivity index (χ0n) is 6.60. The van der Waals surface area contributed by atoms with Gasteiger partial charge in [0.25, 0.3) is 0 Å². The van der Waals surface area contributed by atoms with E-state index in [2.05, 4.69) is 45.2 Å². The number of fused-ring (bicyclic) bond motifs is 2. The van der Waals surface area contributed by atoms with Crippen LogP contribution in [0.15, 0.2) is 0 Å². The quantitative estimate of drug-likeness (QED) is 0.511. The van der Waals surface area contributed by atoms with Gasteiger partial charge in [-0.3, -0.25) is 0 Å². The molecule has 2 saturated carbocycles. The molecule has 0 amide bonds. The molecule has 2 aliphatic rings. The molecule has 0 unspecified atom stereocenters. The molecule has 0 N–H and O–H groups in total. The lowest BCUT2D eigenvalue weighted by atomic mass is 9.82. The normalized spacial score (nSPS) is 48.5. The van der Waals surface area contributed by atoms with Gasteiger partial charge in [-0.25, -0.2) is 0 Å². The van der Waals surface area contributed by atoms with Crippen molar-refractivity contribution < 1.29 is 0 Å². The monoisotopic (exact) mass is 376 g/mol. The van der Waals surface area contributed by atoms with E-state index < -0.39 is 0 Å². The molecule has 2 bridgehead atoms. The highest BCUT2D eigenvalue weighted by Crippen LogP contribution is 2.53. The van der Waals surface area contributed by atoms with Crippen LogP contribution in [0.3, 0.4) is 0 Å². The molecule has 11 heavy (non-hydrogen) atoms. The molecule has 0 saturated heterocycles. The second kappa shape index (κ2) is 3.68. The Balaban J connectivity index is 2.08. The van der Waals surface area contributed by atoms with Crippen LogP contribution in [0.2, 0.25) is 0 Å². The van der Waals surface area contributed by atoms with E-state index in [4.69, 9.17) is 0 Å². The lowest BCUT2D eigenvalue weighted by molar-refractivity contribution is 0.275. The molecule has 0 nitrogen and oxygen atoms in total. The predicted octanol–water partition coefficient (Wildman–Crippen LogP) is 3.52. The fraction of sp³-hybridized carbons (Fsp3) is 1.00. The average molecular weight is 376 g/mol. The largest absolute Gasteiger partial charge is 0.0861 e. The molecular formula is C9H14I2. The first-order chi connectivity index (χ1) is 5.36. The molecule has 2 heteroatoms. The van der Waals surface area contributed by atoms with Crippen LogP contribution in [0.1, 0.15) is 19.3 Å². The fourth-order valence-corrected chi connectivity index (χ4v) is 5.76. The van der Waals surface area contributed by atoms with Crippen LogP contribution in [0.4, 0.5) is 0 Å². The Kier molecular flexibility index (Phi) is 3.02. The highest BCUT2D eigenvalue weighted by atomic mass is 127. The van der Waals surface area contributed by atoms with Gasteiger partial charge >= 0.3 is 0 Å². The molecule has 0 aromatic rings.